The van der Waals surface area contributed by atoms with Gasteiger partial charge < -0.3 is 72.0 Å². The third kappa shape index (κ3) is 36.2. The number of hydrogen-bond donors (Lipinski definition) is 13. The van der Waals surface area contributed by atoms with E-state index in [4.69, 9.17) is 72.0 Å². The maximum absolute atomic E-state index is 10.2. The molecule has 0 aromatic rings. The monoisotopic (exact) mass is 611 g/mol. The smallest absolute Gasteiger partial charge is 0.320 e. The number of aliphatic imine (C=N–C) groups is 2. The Balaban J connectivity index is -0.000000232. The first kappa shape index (κ1) is 45.2. The normalized spacial score (nSPS) is 12.7. The molecule has 0 fully saturated rings. The van der Waals surface area contributed by atoms with E-state index < -0.39 is 48.0 Å². The van der Waals surface area contributed by atoms with Crippen LogP contribution in [0, 0.1) is 5.92 Å². The first-order valence-corrected chi connectivity index (χ1v) is 13.1. The summed E-state index contributed by atoms with van der Waals surface area (Å²) in [5.74, 6) is -3.82. The molecule has 0 aromatic heterocycles. The van der Waals surface area contributed by atoms with E-state index in [2.05, 4.69) is 9.98 Å². The summed E-state index contributed by atoms with van der Waals surface area (Å²) in [4.78, 5) is 47.9. The lowest BCUT2D eigenvalue weighted by Gasteiger charge is -2.07. The maximum atomic E-state index is 10.2. The molecule has 0 amide bonds. The molecule has 0 aliphatic heterocycles. The minimum absolute atomic E-state index is 0.0129. The number of carbonyl (C=O) groups is 4. The molecule has 0 saturated carbocycles. The highest BCUT2D eigenvalue weighted by molar-refractivity contribution is 5.76. The third-order valence-corrected chi connectivity index (χ3v) is 4.86. The highest BCUT2D eigenvalue weighted by Crippen LogP contribution is 1.98. The predicted molar refractivity (Wildman–Crippen MR) is 160 cm³/mol. The molecule has 4 atom stereocenters. The Hall–Kier alpha value is -3.78. The summed E-state index contributed by atoms with van der Waals surface area (Å²) < 4.78 is 0. The summed E-state index contributed by atoms with van der Waals surface area (Å²) in [6.45, 7) is 5.00. The van der Waals surface area contributed by atoms with Crippen LogP contribution in [0.5, 0.6) is 0 Å². The standard InChI is InChI=1S/2C6H14N4O2.C6H14N2O2.C5H11NO2/c2*7-4(5(11)12)2-1-3-10-6(8)9;7-4-2-1-3-5(8)6(9)10;1-3(2)4(6)5(7)8/h2*4H,1-3,7H2,(H,11,12)(H4,8,9,10);5H,1-4,7-8H2,(H,9,10);3-4H,6H2,1-2H3,(H,7,8)/t2*4-;5-;4-/m0000/s1. The van der Waals surface area contributed by atoms with Gasteiger partial charge in [0.25, 0.3) is 0 Å². The van der Waals surface area contributed by atoms with E-state index in [-0.39, 0.29) is 17.8 Å². The number of guanidine groups is 2. The zero-order valence-electron chi connectivity index (χ0n) is 24.5. The molecule has 0 heterocycles. The van der Waals surface area contributed by atoms with Crippen LogP contribution in [0.4, 0.5) is 0 Å². The van der Waals surface area contributed by atoms with Gasteiger partial charge in [-0.25, -0.2) is 0 Å². The molecule has 0 radical (unpaired) electrons. The number of hydrogen-bond acceptors (Lipinski definition) is 11. The van der Waals surface area contributed by atoms with E-state index in [1.165, 1.54) is 0 Å². The minimum Gasteiger partial charge on any atom is -0.480 e. The molecular weight excluding hydrogens is 558 g/mol. The number of nitrogens with zero attached hydrogens (tertiary/aromatic N) is 2. The van der Waals surface area contributed by atoms with Crippen molar-refractivity contribution in [2.45, 2.75) is 83.0 Å². The molecule has 22 N–H and O–H groups in total. The van der Waals surface area contributed by atoms with Crippen LogP contribution < -0.4 is 51.6 Å². The van der Waals surface area contributed by atoms with Gasteiger partial charge in [-0.15, -0.1) is 0 Å². The van der Waals surface area contributed by atoms with Crippen LogP contribution in [0.3, 0.4) is 0 Å². The molecule has 42 heavy (non-hydrogen) atoms. The largest absolute Gasteiger partial charge is 0.480 e. The van der Waals surface area contributed by atoms with Gasteiger partial charge in [-0.1, -0.05) is 20.3 Å². The van der Waals surface area contributed by atoms with Crippen LogP contribution >= 0.6 is 0 Å². The van der Waals surface area contributed by atoms with Crippen molar-refractivity contribution < 1.29 is 39.6 Å². The maximum Gasteiger partial charge on any atom is 0.320 e. The van der Waals surface area contributed by atoms with Gasteiger partial charge in [-0.3, -0.25) is 29.2 Å². The summed E-state index contributed by atoms with van der Waals surface area (Å²) in [6.07, 6.45) is 4.08. The number of unbranched alkanes of at least 4 members (excludes halogenated alkanes) is 1. The van der Waals surface area contributed by atoms with E-state index in [1.54, 1.807) is 13.8 Å². The molecule has 0 aliphatic carbocycles. The molecule has 0 bridgehead atoms. The van der Waals surface area contributed by atoms with Crippen LogP contribution in [0.15, 0.2) is 9.98 Å². The van der Waals surface area contributed by atoms with Gasteiger partial charge in [0.05, 0.1) is 0 Å². The number of aliphatic carboxylic acids is 4. The molecule has 0 saturated heterocycles. The van der Waals surface area contributed by atoms with E-state index in [9.17, 15) is 19.2 Å². The molecule has 19 heteroatoms. The van der Waals surface area contributed by atoms with Gasteiger partial charge in [0.1, 0.15) is 24.2 Å². The van der Waals surface area contributed by atoms with Crippen molar-refractivity contribution in [2.75, 3.05) is 19.6 Å². The summed E-state index contributed by atoms with van der Waals surface area (Å²) >= 11 is 0. The van der Waals surface area contributed by atoms with Crippen LogP contribution in [0.1, 0.15) is 58.8 Å². The van der Waals surface area contributed by atoms with Crippen molar-refractivity contribution >= 4 is 35.8 Å². The molecule has 0 spiro atoms. The van der Waals surface area contributed by atoms with Crippen molar-refractivity contribution in [3.05, 3.63) is 0 Å². The van der Waals surface area contributed by atoms with Gasteiger partial charge in [-0.05, 0) is 51.0 Å². The summed E-state index contributed by atoms with van der Waals surface area (Å²) in [6, 6.07) is -3.07. The molecular formula is C23H53N11O8. The zero-order chi connectivity index (χ0) is 33.8. The molecule has 0 aromatic carbocycles. The number of nitrogens with two attached hydrogens (primary N) is 9. The Morgan fingerprint density at radius 1 is 0.571 bits per heavy atom. The average molecular weight is 612 g/mol. The van der Waals surface area contributed by atoms with Crippen molar-refractivity contribution in [1.29, 1.82) is 0 Å². The fraction of sp³-hybridized carbons (Fsp3) is 0.739. The molecule has 0 rings (SSSR count). The minimum atomic E-state index is -1.00. The first-order valence-electron chi connectivity index (χ1n) is 13.1. The first-order chi connectivity index (χ1) is 19.3. The lowest BCUT2D eigenvalue weighted by Crippen LogP contribution is -2.34. The average Bonchev–Trinajstić information content (AvgIpc) is 2.88. The van der Waals surface area contributed by atoms with Gasteiger partial charge in [0, 0.05) is 13.1 Å². The van der Waals surface area contributed by atoms with Crippen molar-refractivity contribution in [3.63, 3.8) is 0 Å². The lowest BCUT2D eigenvalue weighted by atomic mass is 10.1. The summed E-state index contributed by atoms with van der Waals surface area (Å²) in [5, 5.41) is 33.3. The Morgan fingerprint density at radius 3 is 1.07 bits per heavy atom. The van der Waals surface area contributed by atoms with E-state index in [1.807, 2.05) is 0 Å². The highest BCUT2D eigenvalue weighted by atomic mass is 16.4. The van der Waals surface area contributed by atoms with E-state index in [0.29, 0.717) is 51.7 Å². The van der Waals surface area contributed by atoms with Crippen LogP contribution in [0.2, 0.25) is 0 Å². The van der Waals surface area contributed by atoms with E-state index in [0.717, 1.165) is 12.8 Å². The van der Waals surface area contributed by atoms with E-state index >= 15 is 0 Å². The second-order valence-corrected chi connectivity index (χ2v) is 9.12. The number of rotatable bonds is 17. The Labute approximate surface area is 245 Å². The SMILES string of the molecule is CC(C)[C@H](N)C(=O)O.NC(N)=NCCC[C@H](N)C(=O)O.NC(N)=NCCC[C@H](N)C(=O)O.NCCCC[C@H](N)C(=O)O. The zero-order valence-corrected chi connectivity index (χ0v) is 24.5. The highest BCUT2D eigenvalue weighted by Gasteiger charge is 2.14. The number of carboxylic acids is 4. The Kier molecular flexibility index (Phi) is 30.9. The topological polar surface area (TPSA) is 408 Å². The van der Waals surface area contributed by atoms with Gasteiger partial charge in [0.15, 0.2) is 11.9 Å². The van der Waals surface area contributed by atoms with Crippen LogP contribution in [-0.2, 0) is 19.2 Å². The fourth-order valence-electron chi connectivity index (χ4n) is 2.20. The third-order valence-electron chi connectivity index (χ3n) is 4.86. The second kappa shape index (κ2) is 28.7. The molecule has 0 unspecified atom stereocenters. The predicted octanol–water partition coefficient (Wildman–Crippen LogP) is -3.51. The molecule has 0 aliphatic rings. The van der Waals surface area contributed by atoms with Crippen molar-refractivity contribution in [3.8, 4) is 0 Å². The number of carboxylic acid groups (broad SMARTS) is 4. The van der Waals surface area contributed by atoms with Gasteiger partial charge in [0.2, 0.25) is 0 Å². The Morgan fingerprint density at radius 2 is 0.881 bits per heavy atom. The molecule has 248 valence electrons. The van der Waals surface area contributed by atoms with Crippen LogP contribution in [0.25, 0.3) is 0 Å². The van der Waals surface area contributed by atoms with Crippen molar-refractivity contribution in [1.82, 2.24) is 0 Å². The van der Waals surface area contributed by atoms with Gasteiger partial charge in [-0.2, -0.15) is 0 Å². The fourth-order valence-corrected chi connectivity index (χ4v) is 2.20. The van der Waals surface area contributed by atoms with Crippen LogP contribution in [-0.4, -0.2) is 100 Å². The van der Waals surface area contributed by atoms with Crippen molar-refractivity contribution in [2.24, 2.45) is 67.5 Å². The summed E-state index contributed by atoms with van der Waals surface area (Å²) in [7, 11) is 0. The quantitative estimate of drug-likeness (QED) is 0.0430. The second-order valence-electron chi connectivity index (χ2n) is 9.12. The lowest BCUT2D eigenvalue weighted by molar-refractivity contribution is -0.140. The molecule has 19 nitrogen and oxygen atoms in total. The Bertz CT molecular complexity index is 765. The van der Waals surface area contributed by atoms with Gasteiger partial charge >= 0.3 is 23.9 Å². The summed E-state index contributed by atoms with van der Waals surface area (Å²) in [5.41, 5.74) is 46.2.